The first kappa shape index (κ1) is 59.8. The summed E-state index contributed by atoms with van der Waals surface area (Å²) in [6.45, 7) is 20.7. The molecule has 2 aromatic heterocycles. The Morgan fingerprint density at radius 2 is 1.00 bits per heavy atom. The second kappa shape index (κ2) is 25.0. The lowest BCUT2D eigenvalue weighted by Crippen LogP contribution is -2.25. The van der Waals surface area contributed by atoms with Gasteiger partial charge in [0, 0.05) is 22.3 Å². The molecule has 6 aromatic rings. The SMILES string of the molecule is CC(C)(C)OP(=O)(OCCl)OC(C)(C)C.COC(=O)Nc1nc2cc(C(=O)c3ccccc3)ccc2n1COP(=O)(OC(C)(C)C)OC(C)(C)C.COC(=O)Nc1nc2ccc(C(=O)c3ccccc3)cc2[nH]1. The third kappa shape index (κ3) is 19.5. The highest BCUT2D eigenvalue weighted by Gasteiger charge is 2.38. The molecule has 73 heavy (non-hydrogen) atoms. The maximum Gasteiger partial charge on any atom is 0.477 e. The van der Waals surface area contributed by atoms with Crippen molar-refractivity contribution in [2.75, 3.05) is 30.9 Å². The number of aromatic amines is 1. The quantitative estimate of drug-likeness (QED) is 0.0491. The Balaban J connectivity index is 0.000000264. The summed E-state index contributed by atoms with van der Waals surface area (Å²) in [6, 6.07) is 27.7. The summed E-state index contributed by atoms with van der Waals surface area (Å²) in [7, 11) is -5.16. The number of phosphoric acid groups is 2. The van der Waals surface area contributed by atoms with Gasteiger partial charge in [0.05, 0.1) is 58.7 Å². The number of anilines is 2. The average Bonchev–Trinajstić information content (AvgIpc) is 3.85. The summed E-state index contributed by atoms with van der Waals surface area (Å²) in [5.74, 6) is 0.0948. The van der Waals surface area contributed by atoms with E-state index >= 15 is 0 Å². The number of H-pyrrole nitrogens is 1. The molecule has 0 radical (unpaired) electrons. The number of phosphoric ester groups is 2. The molecule has 0 atom stereocenters. The van der Waals surface area contributed by atoms with Gasteiger partial charge in [-0.1, -0.05) is 72.3 Å². The lowest BCUT2D eigenvalue weighted by Gasteiger charge is -2.31. The van der Waals surface area contributed by atoms with E-state index in [1.54, 1.807) is 156 Å². The molecule has 6 rings (SSSR count). The van der Waals surface area contributed by atoms with Crippen LogP contribution < -0.4 is 10.6 Å². The first-order chi connectivity index (χ1) is 33.8. The second-order valence-corrected chi connectivity index (χ2v) is 23.0. The van der Waals surface area contributed by atoms with E-state index in [1.165, 1.54) is 18.8 Å². The minimum absolute atomic E-state index is 0.0687. The normalized spacial score (nSPS) is 12.3. The molecular formula is C50H65ClN6O14P2. The number of imidazole rings is 2. The largest absolute Gasteiger partial charge is 0.477 e. The molecule has 0 aliphatic rings. The number of hydrogen-bond acceptors (Lipinski definition) is 16. The van der Waals surface area contributed by atoms with Crippen LogP contribution in [0.1, 0.15) is 115 Å². The lowest BCUT2D eigenvalue weighted by molar-refractivity contribution is -0.00567. The number of fused-ring (bicyclic) bond motifs is 2. The lowest BCUT2D eigenvalue weighted by atomic mass is 10.0. The van der Waals surface area contributed by atoms with Gasteiger partial charge in [0.1, 0.15) is 12.8 Å². The van der Waals surface area contributed by atoms with Gasteiger partial charge < -0.3 is 14.5 Å². The smallest absolute Gasteiger partial charge is 0.453 e. The number of methoxy groups -OCH3 is 2. The van der Waals surface area contributed by atoms with Crippen LogP contribution in [-0.4, -0.2) is 86.0 Å². The predicted molar refractivity (Wildman–Crippen MR) is 279 cm³/mol. The number of aromatic nitrogens is 4. The van der Waals surface area contributed by atoms with Crippen LogP contribution >= 0.6 is 27.2 Å². The van der Waals surface area contributed by atoms with Crippen molar-refractivity contribution in [1.82, 2.24) is 19.5 Å². The highest BCUT2D eigenvalue weighted by Crippen LogP contribution is 2.56. The fraction of sp³-hybridized carbons (Fsp3) is 0.400. The van der Waals surface area contributed by atoms with Crippen molar-refractivity contribution in [1.29, 1.82) is 0 Å². The Morgan fingerprint density at radius 1 is 0.562 bits per heavy atom. The van der Waals surface area contributed by atoms with Gasteiger partial charge in [0.15, 0.2) is 11.6 Å². The summed E-state index contributed by atoms with van der Waals surface area (Å²) < 4.78 is 68.7. The van der Waals surface area contributed by atoms with E-state index in [1.807, 2.05) is 24.3 Å². The van der Waals surface area contributed by atoms with E-state index in [9.17, 15) is 28.3 Å². The first-order valence-corrected chi connectivity index (χ1v) is 26.1. The molecule has 20 nitrogen and oxygen atoms in total. The van der Waals surface area contributed by atoms with Gasteiger partial charge in [-0.05, 0) is 119 Å². The Kier molecular flexibility index (Phi) is 20.4. The summed E-state index contributed by atoms with van der Waals surface area (Å²) in [4.78, 5) is 60.0. The van der Waals surface area contributed by atoms with Crippen molar-refractivity contribution in [3.05, 3.63) is 119 Å². The van der Waals surface area contributed by atoms with Crippen molar-refractivity contribution in [3.63, 3.8) is 0 Å². The summed E-state index contributed by atoms with van der Waals surface area (Å²) in [5.41, 5.74) is 1.48. The number of benzene rings is 4. The molecule has 0 unspecified atom stereocenters. The van der Waals surface area contributed by atoms with Crippen molar-refractivity contribution in [3.8, 4) is 0 Å². The molecule has 0 saturated heterocycles. The number of nitrogens with zero attached hydrogens (tertiary/aromatic N) is 3. The molecule has 0 spiro atoms. The molecule has 2 amide bonds. The number of carbonyl (C=O) groups is 4. The van der Waals surface area contributed by atoms with Crippen LogP contribution in [0.3, 0.4) is 0 Å². The molecule has 0 fully saturated rings. The molecule has 4 aromatic carbocycles. The summed E-state index contributed by atoms with van der Waals surface area (Å²) in [6.07, 6.45) is -1.37. The average molecular weight is 1070 g/mol. The van der Waals surface area contributed by atoms with Gasteiger partial charge in [-0.3, -0.25) is 51.9 Å². The Bertz CT molecular complexity index is 2900. The molecule has 0 aliphatic heterocycles. The number of amides is 2. The molecule has 2 heterocycles. The molecule has 23 heteroatoms. The first-order valence-electron chi connectivity index (χ1n) is 22.6. The Hall–Kier alpha value is -5.79. The van der Waals surface area contributed by atoms with Gasteiger partial charge >= 0.3 is 27.8 Å². The molecule has 3 N–H and O–H groups in total. The standard InChI is InChI=1S/C25H32N3O7P.C16H13N3O3.C9H20ClO4P/c1-24(2,3)34-36(31,35-25(4,5)6)33-16-28-20-14-13-18(21(29)17-11-9-8-10-12-17)15-19(20)26-22(28)27-23(30)32-7;1-22-16(21)19-15-17-12-8-7-11(9-13(12)18-15)14(20)10-5-3-2-4-6-10;1-8(2,3)13-15(11,12-7-10)14-9(4,5)6/h8-15H,16H2,1-7H3,(H,26,27,30);2-9H,1H3,(H2,17,18,19,21);7H2,1-6H3. The zero-order chi connectivity index (χ0) is 54.6. The summed E-state index contributed by atoms with van der Waals surface area (Å²) >= 11 is 5.39. The van der Waals surface area contributed by atoms with Gasteiger partial charge in [-0.15, -0.1) is 0 Å². The zero-order valence-electron chi connectivity index (χ0n) is 43.5. The highest BCUT2D eigenvalue weighted by atomic mass is 35.5. The van der Waals surface area contributed by atoms with Crippen molar-refractivity contribution in [2.24, 2.45) is 0 Å². The third-order valence-electron chi connectivity index (χ3n) is 8.73. The van der Waals surface area contributed by atoms with E-state index in [4.69, 9.17) is 43.5 Å². The molecule has 0 bridgehead atoms. The number of rotatable bonds is 15. The van der Waals surface area contributed by atoms with E-state index in [-0.39, 0.29) is 36.3 Å². The topological polar surface area (TPSA) is 247 Å². The van der Waals surface area contributed by atoms with Crippen LogP contribution in [0.4, 0.5) is 21.5 Å². The second-order valence-electron chi connectivity index (χ2n) is 19.7. The van der Waals surface area contributed by atoms with Gasteiger partial charge in [-0.2, -0.15) is 0 Å². The number of alkyl halides is 1. The predicted octanol–water partition coefficient (Wildman–Crippen LogP) is 13.1. The van der Waals surface area contributed by atoms with E-state index < -0.39 is 50.2 Å². The van der Waals surface area contributed by atoms with Crippen molar-refractivity contribution < 1.29 is 64.9 Å². The maximum atomic E-state index is 13.5. The van der Waals surface area contributed by atoms with E-state index in [0.29, 0.717) is 44.3 Å². The molecule has 0 aliphatic carbocycles. The van der Waals surface area contributed by atoms with Crippen LogP contribution in [0.5, 0.6) is 0 Å². The van der Waals surface area contributed by atoms with Crippen LogP contribution in [0.25, 0.3) is 22.1 Å². The fourth-order valence-electron chi connectivity index (χ4n) is 6.18. The number of hydrogen-bond donors (Lipinski definition) is 3. The van der Waals surface area contributed by atoms with Crippen molar-refractivity contribution in [2.45, 2.75) is 112 Å². The molecule has 0 saturated carbocycles. The van der Waals surface area contributed by atoms with Crippen molar-refractivity contribution >= 4 is 85.0 Å². The fourth-order valence-corrected chi connectivity index (χ4v) is 9.89. The summed E-state index contributed by atoms with van der Waals surface area (Å²) in [5, 5.41) is 4.97. The van der Waals surface area contributed by atoms with Crippen LogP contribution in [0, 0.1) is 0 Å². The van der Waals surface area contributed by atoms with E-state index in [2.05, 4.69) is 30.3 Å². The number of ketones is 2. The van der Waals surface area contributed by atoms with E-state index in [0.717, 1.165) is 0 Å². The minimum atomic E-state index is -4.05. The van der Waals surface area contributed by atoms with Gasteiger partial charge in [0.25, 0.3) is 0 Å². The zero-order valence-corrected chi connectivity index (χ0v) is 46.0. The highest BCUT2D eigenvalue weighted by molar-refractivity contribution is 7.48. The molecule has 396 valence electrons. The van der Waals surface area contributed by atoms with Gasteiger partial charge in [0.2, 0.25) is 11.9 Å². The third-order valence-corrected chi connectivity index (χ3v) is 12.9. The number of nitrogens with one attached hydrogen (secondary N) is 3. The van der Waals surface area contributed by atoms with Crippen LogP contribution in [-0.2, 0) is 52.5 Å². The molecular weight excluding hydrogens is 1010 g/mol. The monoisotopic (exact) mass is 1070 g/mol. The number of halogens is 1. The maximum absolute atomic E-state index is 13.5. The minimum Gasteiger partial charge on any atom is -0.453 e. The van der Waals surface area contributed by atoms with Gasteiger partial charge in [-0.25, -0.2) is 28.7 Å². The number of ether oxygens (including phenoxy) is 2. The Morgan fingerprint density at radius 3 is 1.45 bits per heavy atom. The Labute approximate surface area is 430 Å². The number of carbonyl (C=O) groups excluding carboxylic acids is 4. The van der Waals surface area contributed by atoms with Crippen LogP contribution in [0.2, 0.25) is 0 Å². The van der Waals surface area contributed by atoms with Crippen LogP contribution in [0.15, 0.2) is 97.1 Å².